The van der Waals surface area contributed by atoms with Crippen molar-refractivity contribution in [3.63, 3.8) is 0 Å². The summed E-state index contributed by atoms with van der Waals surface area (Å²) in [6.07, 6.45) is 14.2. The third-order valence-electron chi connectivity index (χ3n) is 3.41. The van der Waals surface area contributed by atoms with Crippen molar-refractivity contribution in [2.75, 3.05) is 7.05 Å². The molecule has 2 aromatic heterocycles. The fraction of sp³-hybridized carbons (Fsp3) is 0.538. The first-order chi connectivity index (χ1) is 8.77. The first-order valence-electron chi connectivity index (χ1n) is 6.44. The first kappa shape index (κ1) is 12.8. The maximum absolute atomic E-state index is 4.14. The lowest BCUT2D eigenvalue weighted by Crippen LogP contribution is -2.34. The molecule has 2 unspecified atom stereocenters. The van der Waals surface area contributed by atoms with Crippen molar-refractivity contribution in [1.29, 1.82) is 0 Å². The summed E-state index contributed by atoms with van der Waals surface area (Å²) in [4.78, 5) is 10.6. The molecule has 0 bridgehead atoms. The van der Waals surface area contributed by atoms with E-state index in [1.807, 2.05) is 37.4 Å². The molecule has 5 nitrogen and oxygen atoms in total. The SMILES string of the molecule is CCC(N(C)C(CC)n1ccnc1)n1ccnc1. The lowest BCUT2D eigenvalue weighted by Gasteiger charge is -2.35. The molecule has 5 heteroatoms. The Balaban J connectivity index is 2.20. The molecule has 0 saturated heterocycles. The molecule has 0 radical (unpaired) electrons. The Morgan fingerprint density at radius 3 is 1.67 bits per heavy atom. The Morgan fingerprint density at radius 2 is 1.39 bits per heavy atom. The van der Waals surface area contributed by atoms with Gasteiger partial charge in [-0.25, -0.2) is 9.97 Å². The standard InChI is InChI=1S/C13H21N5/c1-4-12(17-8-6-14-10-17)16(3)13(5-2)18-9-7-15-11-18/h6-13H,4-5H2,1-3H3. The van der Waals surface area contributed by atoms with Crippen LogP contribution in [0.1, 0.15) is 39.0 Å². The second kappa shape index (κ2) is 5.82. The van der Waals surface area contributed by atoms with Crippen LogP contribution in [0, 0.1) is 0 Å². The lowest BCUT2D eigenvalue weighted by molar-refractivity contribution is 0.0700. The lowest BCUT2D eigenvalue weighted by atomic mass is 10.2. The molecule has 0 N–H and O–H groups in total. The molecule has 0 aliphatic carbocycles. The third kappa shape index (κ3) is 2.46. The van der Waals surface area contributed by atoms with E-state index in [9.17, 15) is 0 Å². The van der Waals surface area contributed by atoms with Crippen LogP contribution < -0.4 is 0 Å². The van der Waals surface area contributed by atoms with Gasteiger partial charge in [0.2, 0.25) is 0 Å². The highest BCUT2D eigenvalue weighted by Crippen LogP contribution is 2.25. The van der Waals surface area contributed by atoms with Gasteiger partial charge in [-0.1, -0.05) is 13.8 Å². The van der Waals surface area contributed by atoms with Crippen LogP contribution in [0.4, 0.5) is 0 Å². The molecule has 18 heavy (non-hydrogen) atoms. The van der Waals surface area contributed by atoms with Crippen LogP contribution in [-0.4, -0.2) is 31.0 Å². The molecular formula is C13H21N5. The van der Waals surface area contributed by atoms with Crippen LogP contribution in [0.2, 0.25) is 0 Å². The summed E-state index contributed by atoms with van der Waals surface area (Å²) in [7, 11) is 2.16. The van der Waals surface area contributed by atoms with Gasteiger partial charge < -0.3 is 9.13 Å². The smallest absolute Gasteiger partial charge is 0.0959 e. The summed E-state index contributed by atoms with van der Waals surface area (Å²) >= 11 is 0. The van der Waals surface area contributed by atoms with E-state index in [-0.39, 0.29) is 0 Å². The van der Waals surface area contributed by atoms with E-state index in [1.54, 1.807) is 0 Å². The third-order valence-corrected chi connectivity index (χ3v) is 3.41. The summed E-state index contributed by atoms with van der Waals surface area (Å²) in [6.45, 7) is 4.39. The number of imidazole rings is 2. The van der Waals surface area contributed by atoms with Crippen LogP contribution >= 0.6 is 0 Å². The van der Waals surface area contributed by atoms with Gasteiger partial charge in [-0.05, 0) is 19.9 Å². The van der Waals surface area contributed by atoms with E-state index >= 15 is 0 Å². The van der Waals surface area contributed by atoms with Gasteiger partial charge in [0.05, 0.1) is 25.0 Å². The number of hydrogen-bond acceptors (Lipinski definition) is 3. The van der Waals surface area contributed by atoms with Crippen molar-refractivity contribution in [2.24, 2.45) is 0 Å². The zero-order valence-corrected chi connectivity index (χ0v) is 11.3. The van der Waals surface area contributed by atoms with E-state index in [0.29, 0.717) is 12.3 Å². The largest absolute Gasteiger partial charge is 0.321 e. The maximum Gasteiger partial charge on any atom is 0.0959 e. The van der Waals surface area contributed by atoms with Gasteiger partial charge in [-0.15, -0.1) is 0 Å². The topological polar surface area (TPSA) is 38.9 Å². The van der Waals surface area contributed by atoms with Crippen LogP contribution in [0.15, 0.2) is 37.4 Å². The minimum Gasteiger partial charge on any atom is -0.321 e. The second-order valence-corrected chi connectivity index (χ2v) is 4.46. The van der Waals surface area contributed by atoms with E-state index in [2.05, 4.69) is 44.9 Å². The van der Waals surface area contributed by atoms with Gasteiger partial charge in [0.15, 0.2) is 0 Å². The molecule has 2 heterocycles. The van der Waals surface area contributed by atoms with Crippen molar-refractivity contribution in [1.82, 2.24) is 24.0 Å². The molecule has 98 valence electrons. The highest BCUT2D eigenvalue weighted by Gasteiger charge is 2.22. The fourth-order valence-corrected chi connectivity index (χ4v) is 2.51. The van der Waals surface area contributed by atoms with Gasteiger partial charge in [0, 0.05) is 24.8 Å². The first-order valence-corrected chi connectivity index (χ1v) is 6.44. The van der Waals surface area contributed by atoms with Crippen LogP contribution in [0.3, 0.4) is 0 Å². The minimum absolute atomic E-state index is 0.319. The molecule has 2 aromatic rings. The van der Waals surface area contributed by atoms with Crippen LogP contribution in [0.5, 0.6) is 0 Å². The molecule has 0 aromatic carbocycles. The molecule has 2 atom stereocenters. The normalized spacial score (nSPS) is 14.9. The van der Waals surface area contributed by atoms with Crippen LogP contribution in [-0.2, 0) is 0 Å². The second-order valence-electron chi connectivity index (χ2n) is 4.46. The predicted molar refractivity (Wildman–Crippen MR) is 70.9 cm³/mol. The van der Waals surface area contributed by atoms with Crippen molar-refractivity contribution < 1.29 is 0 Å². The quantitative estimate of drug-likeness (QED) is 0.787. The van der Waals surface area contributed by atoms with Crippen molar-refractivity contribution in [3.05, 3.63) is 37.4 Å². The summed E-state index contributed by atoms with van der Waals surface area (Å²) in [5.74, 6) is 0. The monoisotopic (exact) mass is 247 g/mol. The summed E-state index contributed by atoms with van der Waals surface area (Å²) in [5, 5.41) is 0. The Hall–Kier alpha value is -1.62. The van der Waals surface area contributed by atoms with Gasteiger partial charge >= 0.3 is 0 Å². The van der Waals surface area contributed by atoms with Gasteiger partial charge in [-0.3, -0.25) is 4.90 Å². The number of hydrogen-bond donors (Lipinski definition) is 0. The molecule has 0 spiro atoms. The van der Waals surface area contributed by atoms with E-state index in [0.717, 1.165) is 12.8 Å². The summed E-state index contributed by atoms with van der Waals surface area (Å²) in [6, 6.07) is 0. The summed E-state index contributed by atoms with van der Waals surface area (Å²) in [5.41, 5.74) is 0. The minimum atomic E-state index is 0.319. The molecule has 0 saturated carbocycles. The van der Waals surface area contributed by atoms with Crippen molar-refractivity contribution in [3.8, 4) is 0 Å². The Labute approximate surface area is 108 Å². The Morgan fingerprint density at radius 1 is 0.944 bits per heavy atom. The highest BCUT2D eigenvalue weighted by molar-refractivity contribution is 4.84. The zero-order chi connectivity index (χ0) is 13.0. The fourth-order valence-electron chi connectivity index (χ4n) is 2.51. The van der Waals surface area contributed by atoms with Crippen molar-refractivity contribution in [2.45, 2.75) is 39.0 Å². The average molecular weight is 247 g/mol. The maximum atomic E-state index is 4.14. The Kier molecular flexibility index (Phi) is 4.15. The Bertz CT molecular complexity index is 392. The number of aromatic nitrogens is 4. The van der Waals surface area contributed by atoms with Gasteiger partial charge in [0.1, 0.15) is 0 Å². The predicted octanol–water partition coefficient (Wildman–Crippen LogP) is 2.53. The molecule has 0 aliphatic heterocycles. The average Bonchev–Trinajstić information content (AvgIpc) is 3.03. The zero-order valence-electron chi connectivity index (χ0n) is 11.3. The van der Waals surface area contributed by atoms with Crippen molar-refractivity contribution >= 4 is 0 Å². The number of nitrogens with zero attached hydrogens (tertiary/aromatic N) is 5. The van der Waals surface area contributed by atoms with E-state index < -0.39 is 0 Å². The summed E-state index contributed by atoms with van der Waals surface area (Å²) < 4.78 is 4.30. The highest BCUT2D eigenvalue weighted by atomic mass is 15.4. The molecule has 0 aliphatic rings. The molecule has 0 amide bonds. The molecule has 2 rings (SSSR count). The van der Waals surface area contributed by atoms with E-state index in [1.165, 1.54) is 0 Å². The van der Waals surface area contributed by atoms with Gasteiger partial charge in [-0.2, -0.15) is 0 Å². The molecular weight excluding hydrogens is 226 g/mol. The molecule has 0 fully saturated rings. The van der Waals surface area contributed by atoms with Gasteiger partial charge in [0.25, 0.3) is 0 Å². The van der Waals surface area contributed by atoms with Crippen LogP contribution in [0.25, 0.3) is 0 Å². The van der Waals surface area contributed by atoms with E-state index in [4.69, 9.17) is 0 Å². The number of rotatable bonds is 6.